The fraction of sp³-hybridized carbons (Fsp3) is 0.600. The Kier molecular flexibility index (Phi) is 5.35. The van der Waals surface area contributed by atoms with Crippen molar-refractivity contribution in [2.24, 2.45) is 0 Å². The molecule has 5 nitrogen and oxygen atoms in total. The zero-order valence-electron chi connectivity index (χ0n) is 12.4. The first kappa shape index (κ1) is 14.8. The van der Waals surface area contributed by atoms with E-state index >= 15 is 0 Å². The predicted octanol–water partition coefficient (Wildman–Crippen LogP) is 2.05. The summed E-state index contributed by atoms with van der Waals surface area (Å²) in [6.07, 6.45) is 9.80. The minimum absolute atomic E-state index is 0.0437. The number of rotatable bonds is 8. The van der Waals surface area contributed by atoms with Crippen LogP contribution >= 0.6 is 0 Å². The molecule has 0 fully saturated rings. The van der Waals surface area contributed by atoms with Crippen LogP contribution in [-0.2, 0) is 6.54 Å². The second-order valence-electron chi connectivity index (χ2n) is 5.31. The number of fused-ring (bicyclic) bond motifs is 1. The summed E-state index contributed by atoms with van der Waals surface area (Å²) in [6, 6.07) is 2.32. The van der Waals surface area contributed by atoms with Crippen LogP contribution in [0.25, 0.3) is 5.52 Å². The molecule has 1 atom stereocenters. The lowest BCUT2D eigenvalue weighted by atomic mass is 10.1. The molecule has 20 heavy (non-hydrogen) atoms. The Morgan fingerprint density at radius 1 is 1.35 bits per heavy atom. The van der Waals surface area contributed by atoms with Crippen LogP contribution in [0.1, 0.15) is 39.5 Å². The van der Waals surface area contributed by atoms with E-state index in [0.717, 1.165) is 32.4 Å². The van der Waals surface area contributed by atoms with Crippen LogP contribution in [0.4, 0.5) is 0 Å². The van der Waals surface area contributed by atoms with Gasteiger partial charge >= 0.3 is 0 Å². The van der Waals surface area contributed by atoms with E-state index < -0.39 is 0 Å². The standard InChI is InChI=1S/C15H24N4O/c1-3-8-16-13(2)6-4-5-10-18-11-12-19-14(15(18)20)7-9-17-19/h7,9,11-13,16H,3-6,8,10H2,1-2H3. The molecule has 0 aliphatic carbocycles. The molecule has 0 aromatic carbocycles. The van der Waals surface area contributed by atoms with Gasteiger partial charge in [-0.2, -0.15) is 5.10 Å². The zero-order valence-corrected chi connectivity index (χ0v) is 12.4. The molecular formula is C15H24N4O. The van der Waals surface area contributed by atoms with Crippen molar-refractivity contribution in [2.45, 2.75) is 52.1 Å². The van der Waals surface area contributed by atoms with Crippen molar-refractivity contribution >= 4 is 5.52 Å². The van der Waals surface area contributed by atoms with Gasteiger partial charge in [-0.1, -0.05) is 13.3 Å². The molecule has 0 amide bonds. The number of hydrogen-bond acceptors (Lipinski definition) is 3. The largest absolute Gasteiger partial charge is 0.314 e. The summed E-state index contributed by atoms with van der Waals surface area (Å²) >= 11 is 0. The van der Waals surface area contributed by atoms with Gasteiger partial charge in [0.1, 0.15) is 5.52 Å². The Morgan fingerprint density at radius 2 is 2.20 bits per heavy atom. The second-order valence-corrected chi connectivity index (χ2v) is 5.31. The molecule has 110 valence electrons. The van der Waals surface area contributed by atoms with Gasteiger partial charge in [0, 0.05) is 25.0 Å². The average molecular weight is 276 g/mol. The topological polar surface area (TPSA) is 51.3 Å². The van der Waals surface area contributed by atoms with Gasteiger partial charge in [0.05, 0.1) is 6.20 Å². The summed E-state index contributed by atoms with van der Waals surface area (Å²) in [6.45, 7) is 6.26. The molecule has 2 aromatic rings. The van der Waals surface area contributed by atoms with Gasteiger partial charge in [-0.25, -0.2) is 4.52 Å². The molecule has 0 aliphatic heterocycles. The highest BCUT2D eigenvalue weighted by atomic mass is 16.1. The number of aromatic nitrogens is 3. The summed E-state index contributed by atoms with van der Waals surface area (Å²) in [5.74, 6) is 0. The maximum Gasteiger partial charge on any atom is 0.276 e. The molecule has 0 bridgehead atoms. The maximum atomic E-state index is 12.1. The molecule has 0 aliphatic rings. The van der Waals surface area contributed by atoms with Crippen molar-refractivity contribution in [1.82, 2.24) is 19.5 Å². The van der Waals surface area contributed by atoms with Gasteiger partial charge in [-0.3, -0.25) is 4.79 Å². The normalized spacial score (nSPS) is 12.9. The Bertz CT molecular complexity index is 587. The van der Waals surface area contributed by atoms with Gasteiger partial charge < -0.3 is 9.88 Å². The number of nitrogens with one attached hydrogen (secondary N) is 1. The smallest absolute Gasteiger partial charge is 0.276 e. The van der Waals surface area contributed by atoms with Crippen molar-refractivity contribution in [3.05, 3.63) is 35.0 Å². The Morgan fingerprint density at radius 3 is 3.00 bits per heavy atom. The van der Waals surface area contributed by atoms with Crippen LogP contribution in [-0.4, -0.2) is 26.8 Å². The van der Waals surface area contributed by atoms with Crippen LogP contribution in [0, 0.1) is 0 Å². The van der Waals surface area contributed by atoms with Crippen LogP contribution in [0.3, 0.4) is 0 Å². The van der Waals surface area contributed by atoms with Gasteiger partial charge in [-0.15, -0.1) is 0 Å². The Hall–Kier alpha value is -1.62. The van der Waals surface area contributed by atoms with Crippen LogP contribution < -0.4 is 10.9 Å². The fourth-order valence-electron chi connectivity index (χ4n) is 2.36. The van der Waals surface area contributed by atoms with Gasteiger partial charge in [0.15, 0.2) is 0 Å². The number of hydrogen-bond donors (Lipinski definition) is 1. The third kappa shape index (κ3) is 3.70. The first-order chi connectivity index (χ1) is 9.72. The van der Waals surface area contributed by atoms with E-state index in [-0.39, 0.29) is 5.56 Å². The summed E-state index contributed by atoms with van der Waals surface area (Å²) in [7, 11) is 0. The highest BCUT2D eigenvalue weighted by Crippen LogP contribution is 2.03. The predicted molar refractivity (Wildman–Crippen MR) is 81.1 cm³/mol. The van der Waals surface area contributed by atoms with Crippen LogP contribution in [0.15, 0.2) is 29.5 Å². The number of aryl methyl sites for hydroxylation is 1. The van der Waals surface area contributed by atoms with Crippen molar-refractivity contribution in [1.29, 1.82) is 0 Å². The molecule has 5 heteroatoms. The fourth-order valence-corrected chi connectivity index (χ4v) is 2.36. The van der Waals surface area contributed by atoms with Crippen molar-refractivity contribution < 1.29 is 0 Å². The lowest BCUT2D eigenvalue weighted by Gasteiger charge is -2.13. The summed E-state index contributed by atoms with van der Waals surface area (Å²) in [4.78, 5) is 12.1. The van der Waals surface area contributed by atoms with Crippen LogP contribution in [0.5, 0.6) is 0 Å². The van der Waals surface area contributed by atoms with E-state index in [0.29, 0.717) is 11.6 Å². The molecule has 1 unspecified atom stereocenters. The highest BCUT2D eigenvalue weighted by molar-refractivity contribution is 5.42. The van der Waals surface area contributed by atoms with E-state index in [4.69, 9.17) is 0 Å². The van der Waals surface area contributed by atoms with E-state index in [1.54, 1.807) is 21.3 Å². The molecule has 2 rings (SSSR count). The molecule has 0 spiro atoms. The number of nitrogens with zero attached hydrogens (tertiary/aromatic N) is 3. The molecule has 0 radical (unpaired) electrons. The van der Waals surface area contributed by atoms with Gasteiger partial charge in [0.2, 0.25) is 0 Å². The molecular weight excluding hydrogens is 252 g/mol. The summed E-state index contributed by atoms with van der Waals surface area (Å²) < 4.78 is 3.40. The third-order valence-corrected chi connectivity index (χ3v) is 3.57. The van der Waals surface area contributed by atoms with E-state index in [1.807, 2.05) is 12.4 Å². The highest BCUT2D eigenvalue weighted by Gasteiger charge is 2.04. The average Bonchev–Trinajstić information content (AvgIpc) is 2.92. The van der Waals surface area contributed by atoms with Gasteiger partial charge in [-0.05, 0) is 38.8 Å². The lowest BCUT2D eigenvalue weighted by molar-refractivity contribution is 0.473. The molecule has 0 saturated heterocycles. The minimum Gasteiger partial charge on any atom is -0.314 e. The van der Waals surface area contributed by atoms with Crippen molar-refractivity contribution in [3.8, 4) is 0 Å². The van der Waals surface area contributed by atoms with E-state index in [2.05, 4.69) is 24.3 Å². The minimum atomic E-state index is 0.0437. The Balaban J connectivity index is 1.81. The first-order valence-electron chi connectivity index (χ1n) is 7.48. The Labute approximate surface area is 119 Å². The SMILES string of the molecule is CCCNC(C)CCCCn1ccn2nccc2c1=O. The second kappa shape index (κ2) is 7.24. The van der Waals surface area contributed by atoms with Crippen molar-refractivity contribution in [3.63, 3.8) is 0 Å². The van der Waals surface area contributed by atoms with Crippen LogP contribution in [0.2, 0.25) is 0 Å². The zero-order chi connectivity index (χ0) is 14.4. The number of unbranched alkanes of at least 4 members (excludes halogenated alkanes) is 1. The van der Waals surface area contributed by atoms with E-state index in [9.17, 15) is 4.79 Å². The lowest BCUT2D eigenvalue weighted by Crippen LogP contribution is -2.26. The first-order valence-corrected chi connectivity index (χ1v) is 7.48. The maximum absolute atomic E-state index is 12.1. The summed E-state index contributed by atoms with van der Waals surface area (Å²) in [5.41, 5.74) is 0.688. The van der Waals surface area contributed by atoms with E-state index in [1.165, 1.54) is 6.42 Å². The monoisotopic (exact) mass is 276 g/mol. The quantitative estimate of drug-likeness (QED) is 0.751. The third-order valence-electron chi connectivity index (χ3n) is 3.57. The molecule has 0 saturated carbocycles. The molecule has 2 aromatic heterocycles. The molecule has 2 heterocycles. The molecule has 1 N–H and O–H groups in total. The van der Waals surface area contributed by atoms with Gasteiger partial charge in [0.25, 0.3) is 5.56 Å². The summed E-state index contributed by atoms with van der Waals surface area (Å²) in [5, 5.41) is 7.55. The van der Waals surface area contributed by atoms with Crippen molar-refractivity contribution in [2.75, 3.05) is 6.54 Å².